The maximum atomic E-state index is 13.1. The predicted octanol–water partition coefficient (Wildman–Crippen LogP) is 6.74. The van der Waals surface area contributed by atoms with Crippen LogP contribution in [0.3, 0.4) is 0 Å². The van der Waals surface area contributed by atoms with Gasteiger partial charge in [-0.3, -0.25) is 34.1 Å². The maximum Gasteiger partial charge on any atom is 0.433 e. The molecule has 2 aromatic carbocycles. The number of carbonyl (C=O) groups is 2. The molecule has 0 saturated heterocycles. The average Bonchev–Trinajstić information content (AvgIpc) is 3.85. The topological polar surface area (TPSA) is 259 Å². The van der Waals surface area contributed by atoms with Gasteiger partial charge >= 0.3 is 33.1 Å². The van der Waals surface area contributed by atoms with E-state index in [-0.39, 0.29) is 31.3 Å². The summed E-state index contributed by atoms with van der Waals surface area (Å²) >= 11 is 0. The Morgan fingerprint density at radius 3 is 1.52 bits per heavy atom. The second-order valence-electron chi connectivity index (χ2n) is 10.7. The van der Waals surface area contributed by atoms with Crippen molar-refractivity contribution in [2.24, 2.45) is 0 Å². The van der Waals surface area contributed by atoms with E-state index in [1.807, 2.05) is 0 Å². The molecule has 2 atom stereocenters. The smallest absolute Gasteiger partial charge is 0.433 e. The number of hydrogen-bond donors (Lipinski definition) is 3. The van der Waals surface area contributed by atoms with Gasteiger partial charge in [-0.25, -0.2) is 23.3 Å². The molecule has 20 nitrogen and oxygen atoms in total. The summed E-state index contributed by atoms with van der Waals surface area (Å²) in [5.74, 6) is -0.994. The number of nitrogens with one attached hydrogen (secondary N) is 2. The summed E-state index contributed by atoms with van der Waals surface area (Å²) in [6.07, 6.45) is 2.17. The van der Waals surface area contributed by atoms with E-state index < -0.39 is 42.9 Å². The second kappa shape index (κ2) is 21.3. The van der Waals surface area contributed by atoms with Crippen LogP contribution in [0.25, 0.3) is 0 Å². The number of benzene rings is 2. The van der Waals surface area contributed by atoms with Crippen LogP contribution in [0.1, 0.15) is 32.2 Å². The van der Waals surface area contributed by atoms with Gasteiger partial charge in [0.05, 0.1) is 17.7 Å². The van der Waals surface area contributed by atoms with E-state index in [4.69, 9.17) is 27.7 Å². The molecule has 0 radical (unpaired) electrons. The van der Waals surface area contributed by atoms with Crippen molar-refractivity contribution in [2.75, 3.05) is 52.1 Å². The second-order valence-corrected chi connectivity index (χ2v) is 15.3. The van der Waals surface area contributed by atoms with Crippen LogP contribution in [0.15, 0.2) is 94.3 Å². The van der Waals surface area contributed by atoms with E-state index in [9.17, 15) is 38.9 Å². The molecule has 0 fully saturated rings. The van der Waals surface area contributed by atoms with Crippen molar-refractivity contribution < 1.29 is 56.3 Å². The van der Waals surface area contributed by atoms with Gasteiger partial charge < -0.3 is 28.9 Å². The number of aldehydes is 1. The monoisotopic (exact) mass is 794 g/mol. The van der Waals surface area contributed by atoms with Gasteiger partial charge in [0.2, 0.25) is 0 Å². The van der Waals surface area contributed by atoms with Gasteiger partial charge in [-0.2, -0.15) is 0 Å². The Kier molecular flexibility index (Phi) is 17.6. The van der Waals surface area contributed by atoms with Crippen molar-refractivity contribution >= 4 is 50.7 Å². The number of aliphatic hydroxyl groups excluding tert-OH is 1. The van der Waals surface area contributed by atoms with Crippen LogP contribution in [0.4, 0.5) is 23.1 Å². The number of anilines is 2. The van der Waals surface area contributed by atoms with E-state index in [2.05, 4.69) is 16.8 Å². The van der Waals surface area contributed by atoms with Gasteiger partial charge in [-0.1, -0.05) is 12.7 Å². The van der Waals surface area contributed by atoms with Crippen LogP contribution >= 0.6 is 15.3 Å². The minimum absolute atomic E-state index is 0.105. The third kappa shape index (κ3) is 13.5. The summed E-state index contributed by atoms with van der Waals surface area (Å²) in [7, 11) is 0.268. The highest BCUT2D eigenvalue weighted by Gasteiger charge is 2.29. The molecule has 0 bridgehead atoms. The predicted molar refractivity (Wildman–Crippen MR) is 197 cm³/mol. The third-order valence-electron chi connectivity index (χ3n) is 6.51. The highest BCUT2D eigenvalue weighted by atomic mass is 31.2. The molecule has 2 heterocycles. The number of rotatable bonds is 18. The molecule has 2 unspecified atom stereocenters. The molecular weight excluding hydrogens is 754 g/mol. The number of hydrogen-bond acceptors (Lipinski definition) is 14. The first-order valence-corrected chi connectivity index (χ1v) is 18.5. The van der Waals surface area contributed by atoms with Crippen LogP contribution in [0.5, 0.6) is 0 Å². The molecule has 0 amide bonds. The van der Waals surface area contributed by atoms with Crippen LogP contribution in [0.2, 0.25) is 0 Å². The zero-order valence-electron chi connectivity index (χ0n) is 29.8. The minimum atomic E-state index is -3.53. The van der Waals surface area contributed by atoms with E-state index in [0.29, 0.717) is 28.8 Å². The van der Waals surface area contributed by atoms with Crippen LogP contribution in [0, 0.1) is 20.2 Å². The van der Waals surface area contributed by atoms with E-state index >= 15 is 0 Å². The first kappa shape index (κ1) is 44.7. The van der Waals surface area contributed by atoms with Gasteiger partial charge in [0, 0.05) is 24.0 Å². The van der Waals surface area contributed by atoms with E-state index in [1.54, 1.807) is 64.6 Å². The van der Waals surface area contributed by atoms with Crippen molar-refractivity contribution in [2.45, 2.75) is 13.2 Å². The molecule has 292 valence electrons. The molecule has 4 aromatic rings. The summed E-state index contributed by atoms with van der Waals surface area (Å²) in [4.78, 5) is 42.3. The quantitative estimate of drug-likeness (QED) is 0.0235. The van der Waals surface area contributed by atoms with E-state index in [0.717, 1.165) is 7.11 Å². The fourth-order valence-corrected chi connectivity index (χ4v) is 6.29. The number of nitro groups is 2. The Balaban J connectivity index is 0.000000361. The van der Waals surface area contributed by atoms with Gasteiger partial charge in [-0.15, -0.1) is 0 Å². The zero-order chi connectivity index (χ0) is 40.5. The van der Waals surface area contributed by atoms with Crippen molar-refractivity contribution in [3.8, 4) is 0 Å². The molecule has 0 aliphatic carbocycles. The number of furan rings is 2. The van der Waals surface area contributed by atoms with Gasteiger partial charge in [-0.05, 0) is 88.9 Å². The molecular formula is C32H40N6O14P2. The Hall–Kier alpha value is -5.46. The van der Waals surface area contributed by atoms with Crippen molar-refractivity contribution in [3.63, 3.8) is 0 Å². The Morgan fingerprint density at radius 2 is 1.19 bits per heavy atom. The number of nitrogens with zero attached hydrogens (tertiary/aromatic N) is 4. The summed E-state index contributed by atoms with van der Waals surface area (Å²) in [6.45, 7) is 3.13. The molecule has 3 N–H and O–H groups in total. The average molecular weight is 795 g/mol. The summed E-state index contributed by atoms with van der Waals surface area (Å²) in [5.41, 5.74) is 1.77. The first-order valence-electron chi connectivity index (χ1n) is 15.3. The Morgan fingerprint density at radius 1 is 0.778 bits per heavy atom. The third-order valence-corrected chi connectivity index (χ3v) is 10.7. The largest absolute Gasteiger partial charge is 0.458 e. The fourth-order valence-electron chi connectivity index (χ4n) is 3.74. The lowest BCUT2D eigenvalue weighted by Crippen LogP contribution is -2.17. The number of esters is 1. The van der Waals surface area contributed by atoms with Gasteiger partial charge in [0.25, 0.3) is 0 Å². The minimum Gasteiger partial charge on any atom is -0.458 e. The highest BCUT2D eigenvalue weighted by Crippen LogP contribution is 2.50. The molecule has 2 aromatic heterocycles. The molecule has 0 spiro atoms. The zero-order valence-corrected chi connectivity index (χ0v) is 31.6. The summed E-state index contributed by atoms with van der Waals surface area (Å²) < 4.78 is 54.5. The van der Waals surface area contributed by atoms with Crippen LogP contribution in [-0.2, 0) is 36.1 Å². The van der Waals surface area contributed by atoms with Crippen molar-refractivity contribution in [1.29, 1.82) is 0 Å². The Labute approximate surface area is 309 Å². The lowest BCUT2D eigenvalue weighted by atomic mass is 10.2. The van der Waals surface area contributed by atoms with Crippen molar-refractivity contribution in [1.82, 2.24) is 9.34 Å². The molecule has 0 aliphatic rings. The number of aliphatic hydroxyl groups is 1. The molecule has 54 heavy (non-hydrogen) atoms. The van der Waals surface area contributed by atoms with Gasteiger partial charge in [0.1, 0.15) is 47.5 Å². The summed E-state index contributed by atoms with van der Waals surface area (Å²) in [6, 6.07) is 17.6. The fraction of sp³-hybridized carbons (Fsp3) is 0.250. The number of carbonyl (C=O) groups excluding carboxylic acids is 2. The molecule has 0 aliphatic heterocycles. The summed E-state index contributed by atoms with van der Waals surface area (Å²) in [5, 5.41) is 33.8. The number of ether oxygens (including phenoxy) is 1. The van der Waals surface area contributed by atoms with Crippen LogP contribution in [-0.4, -0.2) is 78.5 Å². The van der Waals surface area contributed by atoms with Crippen LogP contribution < -0.4 is 10.2 Å². The molecule has 4 rings (SSSR count). The van der Waals surface area contributed by atoms with Gasteiger partial charge in [0.15, 0.2) is 0 Å². The van der Waals surface area contributed by atoms with Crippen molar-refractivity contribution in [3.05, 3.63) is 128 Å². The molecule has 22 heteroatoms. The Bertz CT molecular complexity index is 1950. The van der Waals surface area contributed by atoms with E-state index in [1.165, 1.54) is 51.8 Å². The normalized spacial score (nSPS) is 12.8. The lowest BCUT2D eigenvalue weighted by molar-refractivity contribution is -0.402. The highest BCUT2D eigenvalue weighted by molar-refractivity contribution is 7.58. The SMILES string of the molecule is C=CCOC(=O)c1ccc(NP(=O)(OCc2ccc([N+](=O)[O-])o2)N(C)C)cc1.CN(C)P(=O)(Nc1ccc(C=O)cc1)OCc1ccc([N+](=O)[O-])o1.CO. The standard InChI is InChI=1S/C17H20N3O7P.C14H16N3O6P.CH4O/c1-4-11-25-17(21)13-5-7-14(8-6-13)18-28(24,19(2)3)26-12-15-9-10-16(27-15)20(22)23;1-16(2)24(21,15-12-5-3-11(9-18)4-6-12)22-10-13-7-8-14(23-13)17(19)20;1-2/h4-10H,1,11-12H2,2-3H3,(H,18,24);3-9H,10H2,1-2H3,(H,15,21);2H,1H3. The lowest BCUT2D eigenvalue weighted by Gasteiger charge is -2.25. The first-order chi connectivity index (χ1) is 25.6. The maximum absolute atomic E-state index is 13.1. The molecule has 0 saturated carbocycles.